The van der Waals surface area contributed by atoms with Crippen LogP contribution in [0.5, 0.6) is 0 Å². The van der Waals surface area contributed by atoms with Crippen LogP contribution in [0.3, 0.4) is 0 Å². The van der Waals surface area contributed by atoms with Gasteiger partial charge in [0, 0.05) is 31.1 Å². The molecule has 0 amide bonds. The summed E-state index contributed by atoms with van der Waals surface area (Å²) in [6.07, 6.45) is 0.773. The van der Waals surface area contributed by atoms with Crippen LogP contribution < -0.4 is 0 Å². The van der Waals surface area contributed by atoms with Gasteiger partial charge >= 0.3 is 0 Å². The maximum Gasteiger partial charge on any atom is 0.117 e. The smallest absolute Gasteiger partial charge is 0.117 e. The molecule has 2 heterocycles. The molecule has 1 saturated heterocycles. The average molecular weight is 229 g/mol. The van der Waals surface area contributed by atoms with Gasteiger partial charge in [-0.15, -0.1) is 11.3 Å². The summed E-state index contributed by atoms with van der Waals surface area (Å²) in [7, 11) is 0. The van der Waals surface area contributed by atoms with E-state index in [1.165, 1.54) is 4.88 Å². The molecule has 15 heavy (non-hydrogen) atoms. The number of nitrogens with zero attached hydrogens (tertiary/aromatic N) is 1. The molecule has 0 aliphatic carbocycles. The van der Waals surface area contributed by atoms with Crippen LogP contribution in [-0.2, 0) is 11.3 Å². The zero-order valence-electron chi connectivity index (χ0n) is 8.69. The zero-order chi connectivity index (χ0) is 10.5. The molecule has 4 heteroatoms. The number of hydrogen-bond acceptors (Lipinski definition) is 3. The van der Waals surface area contributed by atoms with Gasteiger partial charge in [0.25, 0.3) is 0 Å². The topological polar surface area (TPSA) is 12.5 Å². The third-order valence-corrected chi connectivity index (χ3v) is 3.43. The molecule has 0 radical (unpaired) electrons. The number of halogens is 1. The molecule has 2 nitrogen and oxygen atoms in total. The van der Waals surface area contributed by atoms with Gasteiger partial charge in [-0.1, -0.05) is 6.07 Å². The quantitative estimate of drug-likeness (QED) is 0.788. The number of rotatable bonds is 3. The molecule has 0 bridgehead atoms. The predicted molar refractivity (Wildman–Crippen MR) is 59.9 cm³/mol. The molecule has 1 aromatic rings. The Morgan fingerprint density at radius 2 is 2.53 bits per heavy atom. The van der Waals surface area contributed by atoms with E-state index in [0.29, 0.717) is 13.2 Å². The van der Waals surface area contributed by atoms with Crippen molar-refractivity contribution >= 4 is 11.3 Å². The van der Waals surface area contributed by atoms with Gasteiger partial charge < -0.3 is 4.74 Å². The van der Waals surface area contributed by atoms with E-state index in [1.54, 1.807) is 11.3 Å². The van der Waals surface area contributed by atoms with E-state index in [9.17, 15) is 4.39 Å². The Morgan fingerprint density at radius 1 is 1.60 bits per heavy atom. The van der Waals surface area contributed by atoms with E-state index in [2.05, 4.69) is 22.4 Å². The first kappa shape index (κ1) is 11.0. The van der Waals surface area contributed by atoms with Crippen molar-refractivity contribution in [2.75, 3.05) is 26.4 Å². The van der Waals surface area contributed by atoms with Crippen molar-refractivity contribution in [1.29, 1.82) is 0 Å². The molecule has 1 fully saturated rings. The van der Waals surface area contributed by atoms with Gasteiger partial charge in [-0.3, -0.25) is 4.90 Å². The molecule has 0 saturated carbocycles. The summed E-state index contributed by atoms with van der Waals surface area (Å²) in [5, 5.41) is 2.08. The monoisotopic (exact) mass is 229 g/mol. The second-order valence-electron chi connectivity index (χ2n) is 3.82. The fourth-order valence-electron chi connectivity index (χ4n) is 1.83. The largest absolute Gasteiger partial charge is 0.374 e. The van der Waals surface area contributed by atoms with Gasteiger partial charge in [-0.25, -0.2) is 4.39 Å². The molecule has 1 aliphatic rings. The minimum Gasteiger partial charge on any atom is -0.374 e. The van der Waals surface area contributed by atoms with E-state index < -0.39 is 0 Å². The highest BCUT2D eigenvalue weighted by atomic mass is 32.1. The van der Waals surface area contributed by atoms with Crippen LogP contribution in [0.4, 0.5) is 4.39 Å². The molecule has 1 unspecified atom stereocenters. The molecule has 1 aromatic heterocycles. The van der Waals surface area contributed by atoms with Crippen LogP contribution in [0.25, 0.3) is 0 Å². The lowest BCUT2D eigenvalue weighted by atomic mass is 10.3. The minimum absolute atomic E-state index is 0.229. The van der Waals surface area contributed by atoms with Gasteiger partial charge in [-0.05, 0) is 17.9 Å². The Kier molecular flexibility index (Phi) is 4.11. The molecule has 2 rings (SSSR count). The average Bonchev–Trinajstić information content (AvgIpc) is 2.64. The number of hydrogen-bond donors (Lipinski definition) is 0. The van der Waals surface area contributed by atoms with E-state index >= 15 is 0 Å². The lowest BCUT2D eigenvalue weighted by molar-refractivity contribution is 0.0361. The Balaban J connectivity index is 1.90. The molecule has 0 N–H and O–H groups in total. The van der Waals surface area contributed by atoms with Crippen LogP contribution in [-0.4, -0.2) is 37.4 Å². The van der Waals surface area contributed by atoms with E-state index in [0.717, 1.165) is 19.5 Å². The summed E-state index contributed by atoms with van der Waals surface area (Å²) in [4.78, 5) is 3.62. The lowest BCUT2D eigenvalue weighted by Gasteiger charge is -2.21. The van der Waals surface area contributed by atoms with Crippen molar-refractivity contribution in [3.05, 3.63) is 22.4 Å². The van der Waals surface area contributed by atoms with Crippen molar-refractivity contribution in [2.24, 2.45) is 0 Å². The third kappa shape index (κ3) is 3.26. The normalized spacial score (nSPS) is 23.9. The van der Waals surface area contributed by atoms with E-state index in [4.69, 9.17) is 4.74 Å². The summed E-state index contributed by atoms with van der Waals surface area (Å²) in [6.45, 7) is 2.97. The van der Waals surface area contributed by atoms with Gasteiger partial charge in [-0.2, -0.15) is 0 Å². The second kappa shape index (κ2) is 5.58. The van der Waals surface area contributed by atoms with E-state index in [1.807, 2.05) is 0 Å². The number of alkyl halides is 1. The van der Waals surface area contributed by atoms with Crippen LogP contribution >= 0.6 is 11.3 Å². The number of thiophene rings is 1. The van der Waals surface area contributed by atoms with Crippen molar-refractivity contribution in [1.82, 2.24) is 4.90 Å². The van der Waals surface area contributed by atoms with Crippen molar-refractivity contribution in [3.63, 3.8) is 0 Å². The second-order valence-corrected chi connectivity index (χ2v) is 4.85. The predicted octanol–water partition coefficient (Wildman–Crippen LogP) is 2.31. The van der Waals surface area contributed by atoms with Crippen molar-refractivity contribution in [3.8, 4) is 0 Å². The third-order valence-electron chi connectivity index (χ3n) is 2.57. The van der Waals surface area contributed by atoms with Gasteiger partial charge in [0.1, 0.15) is 6.67 Å². The standard InChI is InChI=1S/C11H16FNOS/c12-7-10-8-13(4-2-5-14-10)9-11-3-1-6-15-11/h1,3,6,10H,2,4-5,7-9H2. The first-order valence-corrected chi connectivity index (χ1v) is 6.19. The van der Waals surface area contributed by atoms with Gasteiger partial charge in [0.05, 0.1) is 6.10 Å². The Morgan fingerprint density at radius 3 is 3.27 bits per heavy atom. The molecular formula is C11H16FNOS. The SMILES string of the molecule is FCC1CN(Cc2cccs2)CCCO1. The molecular weight excluding hydrogens is 213 g/mol. The van der Waals surface area contributed by atoms with Gasteiger partial charge in [0.2, 0.25) is 0 Å². The van der Waals surface area contributed by atoms with Crippen LogP contribution in [0.2, 0.25) is 0 Å². The maximum atomic E-state index is 12.6. The molecule has 0 spiro atoms. The highest BCUT2D eigenvalue weighted by molar-refractivity contribution is 7.09. The number of ether oxygens (including phenoxy) is 1. The highest BCUT2D eigenvalue weighted by Crippen LogP contribution is 2.14. The van der Waals surface area contributed by atoms with Crippen molar-refractivity contribution < 1.29 is 9.13 Å². The molecule has 0 aromatic carbocycles. The zero-order valence-corrected chi connectivity index (χ0v) is 9.51. The maximum absolute atomic E-state index is 12.6. The highest BCUT2D eigenvalue weighted by Gasteiger charge is 2.18. The summed E-state index contributed by atoms with van der Waals surface area (Å²) in [5.74, 6) is 0. The summed E-state index contributed by atoms with van der Waals surface area (Å²) < 4.78 is 18.0. The summed E-state index contributed by atoms with van der Waals surface area (Å²) in [6, 6.07) is 4.18. The van der Waals surface area contributed by atoms with Crippen molar-refractivity contribution in [2.45, 2.75) is 19.1 Å². The first-order chi connectivity index (χ1) is 7.38. The van der Waals surface area contributed by atoms with Gasteiger partial charge in [0.15, 0.2) is 0 Å². The summed E-state index contributed by atoms with van der Waals surface area (Å²) in [5.41, 5.74) is 0. The summed E-state index contributed by atoms with van der Waals surface area (Å²) >= 11 is 1.76. The molecule has 1 atom stereocenters. The molecule has 1 aliphatic heterocycles. The van der Waals surface area contributed by atoms with Crippen LogP contribution in [0.1, 0.15) is 11.3 Å². The fourth-order valence-corrected chi connectivity index (χ4v) is 2.58. The fraction of sp³-hybridized carbons (Fsp3) is 0.636. The lowest BCUT2D eigenvalue weighted by Crippen LogP contribution is -2.32. The Hall–Kier alpha value is -0.450. The van der Waals surface area contributed by atoms with Crippen LogP contribution in [0.15, 0.2) is 17.5 Å². The van der Waals surface area contributed by atoms with E-state index in [-0.39, 0.29) is 12.8 Å². The van der Waals surface area contributed by atoms with Crippen LogP contribution in [0, 0.1) is 0 Å². The molecule has 84 valence electrons. The minimum atomic E-state index is -0.374. The Labute approximate surface area is 93.7 Å². The first-order valence-electron chi connectivity index (χ1n) is 5.31. The Bertz CT molecular complexity index is 278.